The Kier molecular flexibility index (Phi) is 10.3. The second kappa shape index (κ2) is 15.2. The summed E-state index contributed by atoms with van der Waals surface area (Å²) in [5, 5.41) is 26.2. The molecule has 0 amide bonds. The number of hydrogen-bond acceptors (Lipinski definition) is 16. The molecule has 7 heterocycles. The summed E-state index contributed by atoms with van der Waals surface area (Å²) < 4.78 is 42.1. The molecule has 60 heavy (non-hydrogen) atoms. The minimum Gasteiger partial charge on any atom is -0.504 e. The van der Waals surface area contributed by atoms with Crippen LogP contribution < -0.4 is 33.7 Å². The minimum atomic E-state index is -1.43. The molecule has 316 valence electrons. The van der Waals surface area contributed by atoms with Crippen molar-refractivity contribution in [1.29, 1.82) is 5.26 Å². The van der Waals surface area contributed by atoms with Gasteiger partial charge in [0.15, 0.2) is 40.0 Å². The van der Waals surface area contributed by atoms with E-state index in [1.165, 1.54) is 32.9 Å². The van der Waals surface area contributed by atoms with E-state index in [-0.39, 0.29) is 54.7 Å². The van der Waals surface area contributed by atoms with Crippen LogP contribution in [0.2, 0.25) is 0 Å². The number of ether oxygens (including phenoxy) is 7. The Morgan fingerprint density at radius 3 is 2.55 bits per heavy atom. The molecule has 0 aromatic heterocycles. The summed E-state index contributed by atoms with van der Waals surface area (Å²) in [6.45, 7) is 5.16. The fraction of sp³-hybridized carbons (Fsp3) is 0.488. The standard InChI is InChI=1S/C43H45ClN4O11S/c1-19-11-23-12-25-26(15-45)48-27-16-55-42(52)43(24-14-28(53-5)29(59-30(50)7-9-44)13-22(24)8-10-46-43)17-60-41(35(48)34(47(25)4)31(23)36(51)37(19)54-6)33-32(27)40-39(56-18-57-40)20(2)38(33)58-21(3)49/h11,13-14,25-27,34-35,41,46,51H,7-10,12,16-18H2,1-6H3/t25-,26-,27+,34+,35?,41+,43+/m0/s1. The first-order valence-electron chi connectivity index (χ1n) is 19.8. The number of rotatable bonds is 6. The van der Waals surface area contributed by atoms with Crippen molar-refractivity contribution in [2.24, 2.45) is 0 Å². The van der Waals surface area contributed by atoms with E-state index in [2.05, 4.69) is 21.2 Å². The highest BCUT2D eigenvalue weighted by Gasteiger charge is 2.62. The second-order valence-corrected chi connectivity index (χ2v) is 17.5. The minimum absolute atomic E-state index is 0.00582. The van der Waals surface area contributed by atoms with Crippen molar-refractivity contribution in [3.8, 4) is 46.3 Å². The molecule has 3 aromatic carbocycles. The van der Waals surface area contributed by atoms with Gasteiger partial charge in [-0.2, -0.15) is 5.26 Å². The molecule has 1 unspecified atom stereocenters. The average molecular weight is 861 g/mol. The van der Waals surface area contributed by atoms with E-state index in [1.807, 2.05) is 27.0 Å². The van der Waals surface area contributed by atoms with Crippen LogP contribution in [-0.4, -0.2) is 104 Å². The number of hydrogen-bond donors (Lipinski definition) is 2. The van der Waals surface area contributed by atoms with Crippen molar-refractivity contribution >= 4 is 41.3 Å². The predicted molar refractivity (Wildman–Crippen MR) is 217 cm³/mol. The van der Waals surface area contributed by atoms with Gasteiger partial charge in [0.25, 0.3) is 0 Å². The van der Waals surface area contributed by atoms with Gasteiger partial charge in [-0.1, -0.05) is 6.07 Å². The number of esters is 3. The first kappa shape index (κ1) is 40.5. The number of likely N-dealkylation sites (N-methyl/N-ethyl adjacent to an activating group) is 1. The van der Waals surface area contributed by atoms with E-state index in [0.717, 1.165) is 16.7 Å². The molecule has 17 heteroatoms. The zero-order valence-corrected chi connectivity index (χ0v) is 35.6. The highest BCUT2D eigenvalue weighted by Crippen LogP contribution is 2.64. The van der Waals surface area contributed by atoms with Gasteiger partial charge in [0.05, 0.1) is 44.0 Å². The van der Waals surface area contributed by atoms with Crippen molar-refractivity contribution < 1.29 is 52.6 Å². The zero-order chi connectivity index (χ0) is 42.4. The molecule has 4 bridgehead atoms. The summed E-state index contributed by atoms with van der Waals surface area (Å²) in [7, 11) is 4.97. The van der Waals surface area contributed by atoms with Gasteiger partial charge in [0.2, 0.25) is 6.79 Å². The molecule has 10 rings (SSSR count). The quantitative estimate of drug-likeness (QED) is 0.196. The lowest BCUT2D eigenvalue weighted by atomic mass is 9.71. The number of carbonyl (C=O) groups is 3. The lowest BCUT2D eigenvalue weighted by Gasteiger charge is -2.62. The first-order valence-corrected chi connectivity index (χ1v) is 21.4. The van der Waals surface area contributed by atoms with Gasteiger partial charge >= 0.3 is 17.9 Å². The van der Waals surface area contributed by atoms with Crippen molar-refractivity contribution in [1.82, 2.24) is 15.1 Å². The van der Waals surface area contributed by atoms with E-state index < -0.39 is 52.9 Å². The molecule has 0 radical (unpaired) electrons. The Morgan fingerprint density at radius 2 is 1.83 bits per heavy atom. The molecule has 1 spiro atoms. The molecule has 3 aromatic rings. The number of piperazine rings is 1. The maximum absolute atomic E-state index is 15.0. The van der Waals surface area contributed by atoms with E-state index in [1.54, 1.807) is 12.1 Å². The van der Waals surface area contributed by atoms with Crippen LogP contribution in [0.15, 0.2) is 18.2 Å². The monoisotopic (exact) mass is 860 g/mol. The average Bonchev–Trinajstić information content (AvgIpc) is 3.71. The maximum atomic E-state index is 15.0. The number of carbonyl (C=O) groups excluding carboxylic acids is 3. The number of thioether (sulfide) groups is 1. The Bertz CT molecular complexity index is 2390. The van der Waals surface area contributed by atoms with Crippen LogP contribution in [0.5, 0.6) is 40.2 Å². The van der Waals surface area contributed by atoms with Gasteiger partial charge in [-0.25, -0.2) is 4.79 Å². The van der Waals surface area contributed by atoms with Crippen LogP contribution in [0.3, 0.4) is 0 Å². The molecule has 7 aliphatic rings. The van der Waals surface area contributed by atoms with Crippen LogP contribution in [-0.2, 0) is 37.5 Å². The molecule has 2 N–H and O–H groups in total. The van der Waals surface area contributed by atoms with Gasteiger partial charge in [0.1, 0.15) is 18.4 Å². The van der Waals surface area contributed by atoms with Crippen LogP contribution in [0, 0.1) is 25.2 Å². The van der Waals surface area contributed by atoms with Crippen molar-refractivity contribution in [3.63, 3.8) is 0 Å². The Labute approximate surface area is 356 Å². The highest BCUT2D eigenvalue weighted by atomic mass is 35.5. The molecule has 2 saturated heterocycles. The van der Waals surface area contributed by atoms with Gasteiger partial charge < -0.3 is 38.3 Å². The predicted octanol–water partition coefficient (Wildman–Crippen LogP) is 4.82. The van der Waals surface area contributed by atoms with Gasteiger partial charge in [-0.15, -0.1) is 23.4 Å². The lowest BCUT2D eigenvalue weighted by molar-refractivity contribution is -0.157. The third-order valence-corrected chi connectivity index (χ3v) is 14.6. The fourth-order valence-corrected chi connectivity index (χ4v) is 12.3. The van der Waals surface area contributed by atoms with Gasteiger partial charge in [-0.3, -0.25) is 24.7 Å². The van der Waals surface area contributed by atoms with Crippen molar-refractivity contribution in [2.75, 3.05) is 52.8 Å². The van der Waals surface area contributed by atoms with Gasteiger partial charge in [0, 0.05) is 59.4 Å². The van der Waals surface area contributed by atoms with E-state index >= 15 is 0 Å². The van der Waals surface area contributed by atoms with Crippen LogP contribution in [0.25, 0.3) is 0 Å². The fourth-order valence-electron chi connectivity index (χ4n) is 10.5. The normalized spacial score (nSPS) is 27.4. The molecular formula is C43H45ClN4O11S. The largest absolute Gasteiger partial charge is 0.504 e. The molecule has 0 aliphatic carbocycles. The molecule has 15 nitrogen and oxygen atoms in total. The zero-order valence-electron chi connectivity index (χ0n) is 34.0. The number of benzene rings is 3. The highest BCUT2D eigenvalue weighted by molar-refractivity contribution is 7.99. The molecule has 0 saturated carbocycles. The summed E-state index contributed by atoms with van der Waals surface area (Å²) in [6, 6.07) is 5.24. The number of halogens is 1. The van der Waals surface area contributed by atoms with Crippen LogP contribution >= 0.6 is 23.4 Å². The molecule has 7 aliphatic heterocycles. The van der Waals surface area contributed by atoms with Gasteiger partial charge in [-0.05, 0) is 68.1 Å². The Morgan fingerprint density at radius 1 is 1.05 bits per heavy atom. The van der Waals surface area contributed by atoms with E-state index in [0.29, 0.717) is 70.2 Å². The molecule has 2 fully saturated rings. The summed E-state index contributed by atoms with van der Waals surface area (Å²) in [6.07, 6.45) is 0.989. The maximum Gasteiger partial charge on any atom is 0.331 e. The molecule has 7 atom stereocenters. The number of aromatic hydroxyl groups is 1. The number of nitrogens with one attached hydrogen (secondary N) is 1. The van der Waals surface area contributed by atoms with E-state index in [4.69, 9.17) is 44.8 Å². The molecular weight excluding hydrogens is 816 g/mol. The Balaban J connectivity index is 1.29. The number of alkyl halides is 1. The smallest absolute Gasteiger partial charge is 0.331 e. The summed E-state index contributed by atoms with van der Waals surface area (Å²) >= 11 is 7.28. The lowest BCUT2D eigenvalue weighted by Crippen LogP contribution is -2.69. The van der Waals surface area contributed by atoms with Crippen molar-refractivity contribution in [2.45, 2.75) is 81.0 Å². The summed E-state index contributed by atoms with van der Waals surface area (Å²) in [4.78, 5) is 44.9. The summed E-state index contributed by atoms with van der Waals surface area (Å²) in [5.74, 6) is 0.646. The first-order chi connectivity index (χ1) is 28.9. The third kappa shape index (κ3) is 5.91. The third-order valence-electron chi connectivity index (χ3n) is 12.9. The van der Waals surface area contributed by atoms with Crippen molar-refractivity contribution in [3.05, 3.63) is 62.7 Å². The Hall–Kier alpha value is -4.92. The number of phenolic OH excluding ortho intramolecular Hbond substituents is 1. The number of phenols is 1. The number of methoxy groups -OCH3 is 2. The number of fused-ring (bicyclic) bond motifs is 9. The SMILES string of the molecule is COc1cc2c(cc1OC(=O)CCCl)CCN[C@]21CS[C@@H]2c3c(OC(C)=O)c(C)c4c(c3[C@@H](COC1=O)N1C2[C@H]2c3c(cc(C)c(OC)c3O)C[C@@H]([C@@H]1C#N)N2C)OCO4. The number of nitrogens with zero attached hydrogens (tertiary/aromatic N) is 3. The number of aryl methyl sites for hydroxylation is 1. The van der Waals surface area contributed by atoms with Crippen LogP contribution in [0.4, 0.5) is 0 Å². The number of nitriles is 1. The summed E-state index contributed by atoms with van der Waals surface area (Å²) in [5.41, 5.74) is 4.19. The second-order valence-electron chi connectivity index (χ2n) is 16.0. The van der Waals surface area contributed by atoms with Crippen LogP contribution in [0.1, 0.15) is 75.2 Å². The van der Waals surface area contributed by atoms with E-state index in [9.17, 15) is 24.8 Å². The topological polar surface area (TPSA) is 178 Å².